The number of amides is 2. The minimum Gasteiger partial charge on any atom is -0.497 e. The molecule has 1 fully saturated rings. The molecule has 0 aromatic heterocycles. The van der Waals surface area contributed by atoms with Gasteiger partial charge in [0, 0.05) is 63.1 Å². The molecular formula is C35H43ClN4O9S. The molecule has 15 heteroatoms. The van der Waals surface area contributed by atoms with Gasteiger partial charge in [0.2, 0.25) is 0 Å². The van der Waals surface area contributed by atoms with Crippen molar-refractivity contribution >= 4 is 39.3 Å². The highest BCUT2D eigenvalue weighted by Gasteiger charge is 2.63. The summed E-state index contributed by atoms with van der Waals surface area (Å²) in [6, 6.07) is 14.4. The van der Waals surface area contributed by atoms with Crippen molar-refractivity contribution in [3.05, 3.63) is 76.3 Å². The van der Waals surface area contributed by atoms with E-state index in [4.69, 9.17) is 35.3 Å². The molecule has 2 atom stereocenters. The van der Waals surface area contributed by atoms with Crippen molar-refractivity contribution in [3.8, 4) is 17.2 Å². The molecule has 3 aromatic rings. The SMILES string of the molecule is COCCN(C)Cc1ccc(C2(N3CCC[C@@H]3OC(=O)N(C)C)C(=O)N(S(=O)(=O)c3ccc(OC)cc3OC)c3ccc(Cl)cc32)c(OC)c1. The minimum absolute atomic E-state index is 0.0105. The molecule has 3 aromatic carbocycles. The van der Waals surface area contributed by atoms with Gasteiger partial charge in [-0.3, -0.25) is 9.69 Å². The van der Waals surface area contributed by atoms with Crippen LogP contribution in [-0.4, -0.2) is 111 Å². The monoisotopic (exact) mass is 730 g/mol. The van der Waals surface area contributed by atoms with E-state index in [0.717, 1.165) is 9.87 Å². The molecule has 2 amide bonds. The van der Waals surface area contributed by atoms with Crippen molar-refractivity contribution in [2.75, 3.05) is 73.6 Å². The Labute approximate surface area is 298 Å². The number of halogens is 1. The predicted octanol–water partition coefficient (Wildman–Crippen LogP) is 4.54. The molecule has 1 unspecified atom stereocenters. The fourth-order valence-electron chi connectivity index (χ4n) is 6.60. The van der Waals surface area contributed by atoms with Crippen LogP contribution in [-0.2, 0) is 36.4 Å². The molecule has 0 spiro atoms. The largest absolute Gasteiger partial charge is 0.497 e. The number of fused-ring (bicyclic) bond motifs is 1. The highest BCUT2D eigenvalue weighted by Crippen LogP contribution is 2.55. The van der Waals surface area contributed by atoms with Crippen molar-refractivity contribution in [2.45, 2.75) is 36.0 Å². The minimum atomic E-state index is -4.64. The molecule has 0 saturated carbocycles. The lowest BCUT2D eigenvalue weighted by Crippen LogP contribution is -2.57. The molecule has 2 aliphatic heterocycles. The zero-order valence-corrected chi connectivity index (χ0v) is 30.8. The normalized spacial score (nSPS) is 19.1. The highest BCUT2D eigenvalue weighted by molar-refractivity contribution is 7.93. The molecule has 0 N–H and O–H groups in total. The number of likely N-dealkylation sites (tertiary alicyclic amines) is 1. The van der Waals surface area contributed by atoms with Gasteiger partial charge in [-0.25, -0.2) is 22.4 Å². The van der Waals surface area contributed by atoms with E-state index in [1.165, 1.54) is 56.6 Å². The number of carbonyl (C=O) groups is 2. The van der Waals surface area contributed by atoms with Gasteiger partial charge in [-0.15, -0.1) is 0 Å². The second-order valence-corrected chi connectivity index (χ2v) is 14.5. The van der Waals surface area contributed by atoms with Gasteiger partial charge in [0.15, 0.2) is 11.8 Å². The smallest absolute Gasteiger partial charge is 0.410 e. The van der Waals surface area contributed by atoms with E-state index in [-0.39, 0.29) is 27.9 Å². The lowest BCUT2D eigenvalue weighted by molar-refractivity contribution is -0.132. The third-order valence-corrected chi connectivity index (χ3v) is 10.9. The first-order valence-corrected chi connectivity index (χ1v) is 17.8. The third kappa shape index (κ3) is 6.58. The number of hydrogen-bond acceptors (Lipinski definition) is 11. The Morgan fingerprint density at radius 1 is 0.940 bits per heavy atom. The number of rotatable bonds is 13. The average Bonchev–Trinajstić information content (AvgIpc) is 3.66. The number of anilines is 1. The summed E-state index contributed by atoms with van der Waals surface area (Å²) in [5.41, 5.74) is -0.217. The summed E-state index contributed by atoms with van der Waals surface area (Å²) in [5.74, 6) is -0.115. The molecule has 50 heavy (non-hydrogen) atoms. The van der Waals surface area contributed by atoms with Crippen LogP contribution in [0.2, 0.25) is 5.02 Å². The van der Waals surface area contributed by atoms with Crippen LogP contribution in [0, 0.1) is 0 Å². The van der Waals surface area contributed by atoms with Gasteiger partial charge < -0.3 is 28.6 Å². The standard InChI is InChI=1S/C35H43ClN4O9S/c1-37(2)34(42)49-32-9-8-16-39(32)35(26-13-10-23(19-29(26)47-6)22-38(3)17-18-45-4)27-20-24(36)11-14-28(27)40(33(35)41)50(43,44)31-15-12-25(46-5)21-30(31)48-7/h10-15,19-21,32H,8-9,16-18,22H2,1-7H3/t32-,35?/m0/s1. The van der Waals surface area contributed by atoms with Crippen LogP contribution in [0.1, 0.15) is 29.5 Å². The molecule has 13 nitrogen and oxygen atoms in total. The fourth-order valence-corrected chi connectivity index (χ4v) is 8.37. The zero-order valence-electron chi connectivity index (χ0n) is 29.3. The molecule has 270 valence electrons. The second-order valence-electron chi connectivity index (χ2n) is 12.3. The van der Waals surface area contributed by atoms with Crippen LogP contribution in [0.4, 0.5) is 10.5 Å². The number of benzene rings is 3. The van der Waals surface area contributed by atoms with E-state index in [1.807, 2.05) is 19.2 Å². The Hall–Kier alpha value is -4.08. The lowest BCUT2D eigenvalue weighted by Gasteiger charge is -2.41. The summed E-state index contributed by atoms with van der Waals surface area (Å²) in [6.07, 6.45) is -0.556. The number of sulfonamides is 1. The first-order valence-electron chi connectivity index (χ1n) is 16.0. The van der Waals surface area contributed by atoms with Gasteiger partial charge in [-0.2, -0.15) is 0 Å². The van der Waals surface area contributed by atoms with Crippen LogP contribution in [0.15, 0.2) is 59.5 Å². The van der Waals surface area contributed by atoms with E-state index >= 15 is 4.79 Å². The Kier molecular flexibility index (Phi) is 11.2. The maximum absolute atomic E-state index is 15.5. The summed E-state index contributed by atoms with van der Waals surface area (Å²) in [5, 5.41) is 0.276. The van der Waals surface area contributed by atoms with Gasteiger partial charge in [-0.05, 0) is 61.9 Å². The first-order chi connectivity index (χ1) is 23.8. The molecule has 2 heterocycles. The Morgan fingerprint density at radius 3 is 2.34 bits per heavy atom. The fraction of sp³-hybridized carbons (Fsp3) is 0.429. The maximum Gasteiger partial charge on any atom is 0.410 e. The number of nitrogens with zero attached hydrogens (tertiary/aromatic N) is 4. The molecular weight excluding hydrogens is 688 g/mol. The summed E-state index contributed by atoms with van der Waals surface area (Å²) in [7, 11) is 6.38. The van der Waals surface area contributed by atoms with Gasteiger partial charge in [0.1, 0.15) is 22.1 Å². The van der Waals surface area contributed by atoms with E-state index in [0.29, 0.717) is 55.2 Å². The second kappa shape index (κ2) is 15.0. The number of hydrogen-bond donors (Lipinski definition) is 0. The number of ether oxygens (including phenoxy) is 5. The van der Waals surface area contributed by atoms with Crippen molar-refractivity contribution in [1.29, 1.82) is 0 Å². The van der Waals surface area contributed by atoms with Gasteiger partial charge in [0.05, 0.1) is 33.6 Å². The summed E-state index contributed by atoms with van der Waals surface area (Å²) in [6.45, 7) is 2.07. The van der Waals surface area contributed by atoms with Crippen LogP contribution < -0.4 is 18.5 Å². The quantitative estimate of drug-likeness (QED) is 0.246. The van der Waals surface area contributed by atoms with Gasteiger partial charge in [0.25, 0.3) is 15.9 Å². The molecule has 5 rings (SSSR count). The average molecular weight is 731 g/mol. The maximum atomic E-state index is 15.5. The molecule has 1 saturated heterocycles. The van der Waals surface area contributed by atoms with Crippen molar-refractivity contribution in [3.63, 3.8) is 0 Å². The summed E-state index contributed by atoms with van der Waals surface area (Å²) < 4.78 is 58.3. The Bertz CT molecular complexity index is 1860. The summed E-state index contributed by atoms with van der Waals surface area (Å²) in [4.78, 5) is 33.3. The van der Waals surface area contributed by atoms with Gasteiger partial charge in [-0.1, -0.05) is 23.7 Å². The van der Waals surface area contributed by atoms with Crippen molar-refractivity contribution in [1.82, 2.24) is 14.7 Å². The van der Waals surface area contributed by atoms with Gasteiger partial charge >= 0.3 is 6.09 Å². The van der Waals surface area contributed by atoms with E-state index < -0.39 is 33.8 Å². The topological polar surface area (TPSA) is 127 Å². The third-order valence-electron chi connectivity index (χ3n) is 8.97. The molecule has 2 aliphatic rings. The summed E-state index contributed by atoms with van der Waals surface area (Å²) >= 11 is 6.64. The Morgan fingerprint density at radius 2 is 1.68 bits per heavy atom. The molecule has 0 radical (unpaired) electrons. The van der Waals surface area contributed by atoms with E-state index in [1.54, 1.807) is 38.2 Å². The Balaban J connectivity index is 1.78. The van der Waals surface area contributed by atoms with Crippen LogP contribution >= 0.6 is 11.6 Å². The number of methoxy groups -OCH3 is 4. The van der Waals surface area contributed by atoms with Crippen molar-refractivity contribution < 1.29 is 41.7 Å². The molecule has 0 aliphatic carbocycles. The van der Waals surface area contributed by atoms with Crippen LogP contribution in [0.5, 0.6) is 17.2 Å². The van der Waals surface area contributed by atoms with Crippen molar-refractivity contribution in [2.24, 2.45) is 0 Å². The van der Waals surface area contributed by atoms with E-state index in [2.05, 4.69) is 4.90 Å². The number of carbonyl (C=O) groups excluding carboxylic acids is 2. The van der Waals surface area contributed by atoms with E-state index in [9.17, 15) is 13.2 Å². The predicted molar refractivity (Wildman–Crippen MR) is 188 cm³/mol. The zero-order chi connectivity index (χ0) is 36.4. The molecule has 0 bridgehead atoms. The first kappa shape index (κ1) is 37.2. The highest BCUT2D eigenvalue weighted by atomic mass is 35.5. The lowest BCUT2D eigenvalue weighted by atomic mass is 9.81. The van der Waals surface area contributed by atoms with Crippen LogP contribution in [0.3, 0.4) is 0 Å². The van der Waals surface area contributed by atoms with Crippen LogP contribution in [0.25, 0.3) is 0 Å². The number of likely N-dealkylation sites (N-methyl/N-ethyl adjacent to an activating group) is 1.